The molecular formula is C28H23N3OS. The molecule has 0 saturated heterocycles. The summed E-state index contributed by atoms with van der Waals surface area (Å²) in [4.78, 5) is 25.3. The van der Waals surface area contributed by atoms with Crippen LogP contribution in [0.4, 0.5) is 5.13 Å². The minimum Gasteiger partial charge on any atom is -0.283 e. The van der Waals surface area contributed by atoms with Gasteiger partial charge < -0.3 is 0 Å². The lowest BCUT2D eigenvalue weighted by Crippen LogP contribution is -2.35. The maximum Gasteiger partial charge on any atom is 0.241 e. The molecule has 0 bridgehead atoms. The van der Waals surface area contributed by atoms with E-state index in [1.54, 1.807) is 23.7 Å². The summed E-state index contributed by atoms with van der Waals surface area (Å²) in [6.07, 6.45) is 3.55. The van der Waals surface area contributed by atoms with Crippen molar-refractivity contribution in [1.82, 2.24) is 9.97 Å². The van der Waals surface area contributed by atoms with E-state index in [-0.39, 0.29) is 5.91 Å². The number of para-hydroxylation sites is 1. The zero-order valence-corrected chi connectivity index (χ0v) is 19.1. The molecule has 0 atom stereocenters. The van der Waals surface area contributed by atoms with Gasteiger partial charge in [-0.15, -0.1) is 0 Å². The molecule has 0 fully saturated rings. The average molecular weight is 450 g/mol. The van der Waals surface area contributed by atoms with Crippen LogP contribution in [-0.2, 0) is 11.3 Å². The van der Waals surface area contributed by atoms with Gasteiger partial charge in [0.2, 0.25) is 5.91 Å². The second kappa shape index (κ2) is 9.35. The Morgan fingerprint density at radius 1 is 0.879 bits per heavy atom. The SMILES string of the molecule is Cc1cccc2sc(N(Cc3cccnc3)C(=O)C(c3ccccc3)c3ccccc3)nc12. The smallest absolute Gasteiger partial charge is 0.241 e. The summed E-state index contributed by atoms with van der Waals surface area (Å²) in [5.41, 5.74) is 4.93. The largest absolute Gasteiger partial charge is 0.283 e. The molecule has 0 radical (unpaired) electrons. The highest BCUT2D eigenvalue weighted by Crippen LogP contribution is 2.35. The van der Waals surface area contributed by atoms with Crippen LogP contribution in [0.3, 0.4) is 0 Å². The number of nitrogens with zero attached hydrogens (tertiary/aromatic N) is 3. The van der Waals surface area contributed by atoms with Crippen molar-refractivity contribution in [2.24, 2.45) is 0 Å². The average Bonchev–Trinajstić information content (AvgIpc) is 3.30. The number of amides is 1. The molecule has 5 heteroatoms. The lowest BCUT2D eigenvalue weighted by Gasteiger charge is -2.26. The van der Waals surface area contributed by atoms with Gasteiger partial charge in [0.05, 0.1) is 22.7 Å². The third kappa shape index (κ3) is 4.41. The van der Waals surface area contributed by atoms with Gasteiger partial charge in [0.15, 0.2) is 5.13 Å². The number of anilines is 1. The number of aromatic nitrogens is 2. The second-order valence-electron chi connectivity index (χ2n) is 7.96. The Labute approximate surface area is 197 Å². The summed E-state index contributed by atoms with van der Waals surface area (Å²) in [7, 11) is 0. The predicted octanol–water partition coefficient (Wildman–Crippen LogP) is 6.37. The van der Waals surface area contributed by atoms with Crippen LogP contribution in [0, 0.1) is 6.92 Å². The first-order chi connectivity index (χ1) is 16.2. The van der Waals surface area contributed by atoms with Gasteiger partial charge in [-0.2, -0.15) is 0 Å². The van der Waals surface area contributed by atoms with E-state index < -0.39 is 5.92 Å². The molecule has 0 unspecified atom stereocenters. The van der Waals surface area contributed by atoms with Crippen LogP contribution >= 0.6 is 11.3 Å². The highest BCUT2D eigenvalue weighted by atomic mass is 32.1. The topological polar surface area (TPSA) is 46.1 Å². The highest BCUT2D eigenvalue weighted by molar-refractivity contribution is 7.22. The van der Waals surface area contributed by atoms with E-state index in [0.29, 0.717) is 11.7 Å². The van der Waals surface area contributed by atoms with Gasteiger partial charge in [-0.25, -0.2) is 4.98 Å². The van der Waals surface area contributed by atoms with Crippen molar-refractivity contribution in [3.8, 4) is 0 Å². The van der Waals surface area contributed by atoms with E-state index in [2.05, 4.69) is 24.0 Å². The Morgan fingerprint density at radius 2 is 1.58 bits per heavy atom. The molecule has 0 aliphatic rings. The quantitative estimate of drug-likeness (QED) is 0.303. The molecule has 0 spiro atoms. The van der Waals surface area contributed by atoms with E-state index in [4.69, 9.17) is 4.98 Å². The molecule has 4 nitrogen and oxygen atoms in total. The van der Waals surface area contributed by atoms with Crippen LogP contribution < -0.4 is 4.90 Å². The number of carbonyl (C=O) groups is 1. The van der Waals surface area contributed by atoms with Gasteiger partial charge in [-0.3, -0.25) is 14.7 Å². The molecule has 2 aromatic heterocycles. The molecule has 2 heterocycles. The van der Waals surface area contributed by atoms with Crippen molar-refractivity contribution in [3.63, 3.8) is 0 Å². The number of thiazole rings is 1. The lowest BCUT2D eigenvalue weighted by atomic mass is 9.90. The van der Waals surface area contributed by atoms with Gasteiger partial charge in [-0.1, -0.05) is 90.2 Å². The minimum absolute atomic E-state index is 0.00652. The second-order valence-corrected chi connectivity index (χ2v) is 8.97. The summed E-state index contributed by atoms with van der Waals surface area (Å²) in [6.45, 7) is 2.46. The minimum atomic E-state index is -0.433. The van der Waals surface area contributed by atoms with Crippen molar-refractivity contribution in [2.45, 2.75) is 19.4 Å². The fraction of sp³-hybridized carbons (Fsp3) is 0.107. The van der Waals surface area contributed by atoms with E-state index in [1.807, 2.05) is 83.8 Å². The maximum atomic E-state index is 14.3. The molecule has 0 saturated carbocycles. The first-order valence-corrected chi connectivity index (χ1v) is 11.7. The maximum absolute atomic E-state index is 14.3. The molecule has 33 heavy (non-hydrogen) atoms. The Balaban J connectivity index is 1.63. The van der Waals surface area contributed by atoms with Crippen LogP contribution in [0.25, 0.3) is 10.2 Å². The van der Waals surface area contributed by atoms with E-state index >= 15 is 0 Å². The van der Waals surface area contributed by atoms with E-state index in [0.717, 1.165) is 32.5 Å². The van der Waals surface area contributed by atoms with Crippen LogP contribution in [-0.4, -0.2) is 15.9 Å². The van der Waals surface area contributed by atoms with Crippen molar-refractivity contribution in [3.05, 3.63) is 126 Å². The Bertz CT molecular complexity index is 1330. The number of rotatable bonds is 6. The lowest BCUT2D eigenvalue weighted by molar-refractivity contribution is -0.119. The molecule has 162 valence electrons. The summed E-state index contributed by atoms with van der Waals surface area (Å²) in [5, 5.41) is 0.699. The van der Waals surface area contributed by atoms with Crippen LogP contribution in [0.1, 0.15) is 28.2 Å². The van der Waals surface area contributed by atoms with Crippen molar-refractivity contribution >= 4 is 32.6 Å². The first kappa shape index (κ1) is 21.0. The van der Waals surface area contributed by atoms with Crippen molar-refractivity contribution in [2.75, 3.05) is 4.90 Å². The first-order valence-electron chi connectivity index (χ1n) is 10.9. The van der Waals surface area contributed by atoms with Gasteiger partial charge in [0.1, 0.15) is 0 Å². The Morgan fingerprint density at radius 3 is 2.18 bits per heavy atom. The third-order valence-corrected chi connectivity index (χ3v) is 6.73. The Kier molecular flexibility index (Phi) is 5.96. The van der Waals surface area contributed by atoms with E-state index in [1.165, 1.54) is 0 Å². The number of benzene rings is 3. The van der Waals surface area contributed by atoms with Crippen LogP contribution in [0.15, 0.2) is 103 Å². The zero-order chi connectivity index (χ0) is 22.6. The van der Waals surface area contributed by atoms with E-state index in [9.17, 15) is 4.79 Å². The Hall–Kier alpha value is -3.83. The molecule has 5 aromatic rings. The fourth-order valence-electron chi connectivity index (χ4n) is 4.03. The molecule has 0 N–H and O–H groups in total. The predicted molar refractivity (Wildman–Crippen MR) is 135 cm³/mol. The molecule has 3 aromatic carbocycles. The number of hydrogen-bond donors (Lipinski definition) is 0. The summed E-state index contributed by atoms with van der Waals surface area (Å²) in [6, 6.07) is 29.9. The fourth-order valence-corrected chi connectivity index (χ4v) is 5.08. The van der Waals surface area contributed by atoms with Gasteiger partial charge in [-0.05, 0) is 41.3 Å². The number of aryl methyl sites for hydroxylation is 1. The standard InChI is InChI=1S/C28H23N3OS/c1-20-10-8-16-24-26(20)30-28(33-24)31(19-21-11-9-17-29-18-21)27(32)25(22-12-4-2-5-13-22)23-14-6-3-7-15-23/h2-18,25H,19H2,1H3. The van der Waals surface area contributed by atoms with Gasteiger partial charge in [0, 0.05) is 12.4 Å². The monoisotopic (exact) mass is 449 g/mol. The molecule has 0 aliphatic heterocycles. The van der Waals surface area contributed by atoms with Gasteiger partial charge >= 0.3 is 0 Å². The summed E-state index contributed by atoms with van der Waals surface area (Å²) < 4.78 is 1.07. The summed E-state index contributed by atoms with van der Waals surface area (Å²) >= 11 is 1.55. The van der Waals surface area contributed by atoms with Crippen LogP contribution in [0.2, 0.25) is 0 Å². The number of hydrogen-bond acceptors (Lipinski definition) is 4. The summed E-state index contributed by atoms with van der Waals surface area (Å²) in [5.74, 6) is -0.440. The van der Waals surface area contributed by atoms with Crippen molar-refractivity contribution < 1.29 is 4.79 Å². The zero-order valence-electron chi connectivity index (χ0n) is 18.3. The number of pyridine rings is 1. The number of carbonyl (C=O) groups excluding carboxylic acids is 1. The van der Waals surface area contributed by atoms with Crippen LogP contribution in [0.5, 0.6) is 0 Å². The molecule has 5 rings (SSSR count). The highest BCUT2D eigenvalue weighted by Gasteiger charge is 2.30. The van der Waals surface area contributed by atoms with Crippen molar-refractivity contribution in [1.29, 1.82) is 0 Å². The van der Waals surface area contributed by atoms with Gasteiger partial charge in [0.25, 0.3) is 0 Å². The molecule has 0 aliphatic carbocycles. The number of fused-ring (bicyclic) bond motifs is 1. The normalized spacial score (nSPS) is 11.1. The molecular weight excluding hydrogens is 426 g/mol. The third-order valence-electron chi connectivity index (χ3n) is 5.68. The molecule has 1 amide bonds.